The van der Waals surface area contributed by atoms with Crippen LogP contribution in [0.1, 0.15) is 36.3 Å². The quantitative estimate of drug-likeness (QED) is 0.727. The van der Waals surface area contributed by atoms with Gasteiger partial charge in [0, 0.05) is 31.4 Å². The summed E-state index contributed by atoms with van der Waals surface area (Å²) in [7, 11) is 1.93. The molecule has 5 nitrogen and oxygen atoms in total. The number of nitrogens with zero attached hydrogens (tertiary/aromatic N) is 3. The second kappa shape index (κ2) is 7.56. The van der Waals surface area contributed by atoms with Gasteiger partial charge in [0.05, 0.1) is 5.69 Å². The number of carbonyl (C=O) groups is 1. The first-order valence-corrected chi connectivity index (χ1v) is 8.72. The van der Waals surface area contributed by atoms with Gasteiger partial charge in [0.15, 0.2) is 0 Å². The van der Waals surface area contributed by atoms with E-state index in [-0.39, 0.29) is 24.3 Å². The van der Waals surface area contributed by atoms with Gasteiger partial charge in [-0.25, -0.2) is 4.39 Å². The van der Waals surface area contributed by atoms with Gasteiger partial charge in [-0.3, -0.25) is 9.89 Å². The number of hydrogen-bond acceptors (Lipinski definition) is 2. The molecule has 0 aliphatic carbocycles. The van der Waals surface area contributed by atoms with Crippen LogP contribution in [0.4, 0.5) is 4.39 Å². The summed E-state index contributed by atoms with van der Waals surface area (Å²) in [5, 5.41) is 7.10. The summed E-state index contributed by atoms with van der Waals surface area (Å²) in [5.74, 6) is -0.488. The van der Waals surface area contributed by atoms with E-state index in [1.165, 1.54) is 6.07 Å². The van der Waals surface area contributed by atoms with E-state index < -0.39 is 0 Å². The molecule has 136 valence electrons. The largest absolute Gasteiger partial charge is 0.349 e. The Hall–Kier alpha value is -2.89. The summed E-state index contributed by atoms with van der Waals surface area (Å²) >= 11 is 0. The predicted octanol–water partition coefficient (Wildman–Crippen LogP) is 4.00. The lowest BCUT2D eigenvalue weighted by molar-refractivity contribution is 0.0663. The summed E-state index contributed by atoms with van der Waals surface area (Å²) in [6.45, 7) is 4.20. The summed E-state index contributed by atoms with van der Waals surface area (Å²) in [5.41, 5.74) is 2.53. The molecule has 0 bridgehead atoms. The van der Waals surface area contributed by atoms with Crippen LogP contribution in [0.5, 0.6) is 0 Å². The summed E-state index contributed by atoms with van der Waals surface area (Å²) in [6.07, 6.45) is 2.70. The molecule has 6 heteroatoms. The van der Waals surface area contributed by atoms with Crippen molar-refractivity contribution in [1.29, 1.82) is 0 Å². The third-order valence-corrected chi connectivity index (χ3v) is 4.70. The SMILES string of the molecule is CCC(C)N(Cc1ccccc1F)C(=O)c1cc(-c2cccn2C)n[nH]1. The van der Waals surface area contributed by atoms with Crippen molar-refractivity contribution in [3.05, 3.63) is 65.7 Å². The maximum Gasteiger partial charge on any atom is 0.272 e. The lowest BCUT2D eigenvalue weighted by Gasteiger charge is -2.28. The topological polar surface area (TPSA) is 53.9 Å². The van der Waals surface area contributed by atoms with Gasteiger partial charge in [-0.05, 0) is 37.6 Å². The molecule has 26 heavy (non-hydrogen) atoms. The second-order valence-electron chi connectivity index (χ2n) is 6.45. The van der Waals surface area contributed by atoms with Crippen molar-refractivity contribution in [2.24, 2.45) is 7.05 Å². The van der Waals surface area contributed by atoms with Crippen molar-refractivity contribution in [2.75, 3.05) is 0 Å². The fourth-order valence-corrected chi connectivity index (χ4v) is 2.90. The van der Waals surface area contributed by atoms with Crippen LogP contribution in [0, 0.1) is 5.82 Å². The molecule has 0 saturated heterocycles. The van der Waals surface area contributed by atoms with Gasteiger partial charge >= 0.3 is 0 Å². The molecule has 0 aliphatic heterocycles. The van der Waals surface area contributed by atoms with Gasteiger partial charge in [-0.15, -0.1) is 0 Å². The van der Waals surface area contributed by atoms with E-state index in [9.17, 15) is 9.18 Å². The Morgan fingerprint density at radius 3 is 2.73 bits per heavy atom. The smallest absolute Gasteiger partial charge is 0.272 e. The zero-order valence-electron chi connectivity index (χ0n) is 15.2. The van der Waals surface area contributed by atoms with Crippen LogP contribution in [0.3, 0.4) is 0 Å². The highest BCUT2D eigenvalue weighted by Gasteiger charge is 2.24. The van der Waals surface area contributed by atoms with Crippen LogP contribution in [-0.4, -0.2) is 31.6 Å². The third-order valence-electron chi connectivity index (χ3n) is 4.70. The third kappa shape index (κ3) is 3.54. The van der Waals surface area contributed by atoms with Crippen molar-refractivity contribution < 1.29 is 9.18 Å². The van der Waals surface area contributed by atoms with E-state index in [4.69, 9.17) is 0 Å². The summed E-state index contributed by atoms with van der Waals surface area (Å²) in [4.78, 5) is 14.7. The van der Waals surface area contributed by atoms with Crippen molar-refractivity contribution in [3.8, 4) is 11.4 Å². The van der Waals surface area contributed by atoms with E-state index in [2.05, 4.69) is 10.2 Å². The van der Waals surface area contributed by atoms with Crippen LogP contribution in [-0.2, 0) is 13.6 Å². The minimum atomic E-state index is -0.303. The van der Waals surface area contributed by atoms with E-state index >= 15 is 0 Å². The molecule has 0 saturated carbocycles. The van der Waals surface area contributed by atoms with Crippen molar-refractivity contribution in [3.63, 3.8) is 0 Å². The van der Waals surface area contributed by atoms with Gasteiger partial charge < -0.3 is 9.47 Å². The second-order valence-corrected chi connectivity index (χ2v) is 6.45. The van der Waals surface area contributed by atoms with Gasteiger partial charge in [0.2, 0.25) is 0 Å². The number of aromatic amines is 1. The predicted molar refractivity (Wildman–Crippen MR) is 99.0 cm³/mol. The van der Waals surface area contributed by atoms with Gasteiger partial charge in [-0.1, -0.05) is 25.1 Å². The van der Waals surface area contributed by atoms with Crippen LogP contribution >= 0.6 is 0 Å². The normalized spacial score (nSPS) is 12.2. The first kappa shape index (κ1) is 17.9. The average Bonchev–Trinajstić information content (AvgIpc) is 3.28. The minimum absolute atomic E-state index is 0.0242. The van der Waals surface area contributed by atoms with E-state index in [1.54, 1.807) is 29.2 Å². The summed E-state index contributed by atoms with van der Waals surface area (Å²) < 4.78 is 16.0. The highest BCUT2D eigenvalue weighted by molar-refractivity contribution is 5.93. The molecule has 2 heterocycles. The average molecular weight is 354 g/mol. The number of rotatable bonds is 6. The number of benzene rings is 1. The molecule has 1 aromatic carbocycles. The highest BCUT2D eigenvalue weighted by atomic mass is 19.1. The Labute approximate surface area is 152 Å². The summed E-state index contributed by atoms with van der Waals surface area (Å²) in [6, 6.07) is 12.1. The lowest BCUT2D eigenvalue weighted by atomic mass is 10.1. The van der Waals surface area contributed by atoms with E-state index in [1.807, 2.05) is 43.8 Å². The zero-order chi connectivity index (χ0) is 18.7. The monoisotopic (exact) mass is 354 g/mol. The molecule has 3 aromatic rings. The Morgan fingerprint density at radius 1 is 1.31 bits per heavy atom. The van der Waals surface area contributed by atoms with Crippen LogP contribution < -0.4 is 0 Å². The molecule has 0 radical (unpaired) electrons. The maximum atomic E-state index is 14.1. The molecule has 0 spiro atoms. The van der Waals surface area contributed by atoms with Crippen LogP contribution in [0.25, 0.3) is 11.4 Å². The number of hydrogen-bond donors (Lipinski definition) is 1. The molecule has 1 amide bonds. The van der Waals surface area contributed by atoms with Crippen LogP contribution in [0.2, 0.25) is 0 Å². The fourth-order valence-electron chi connectivity index (χ4n) is 2.90. The number of amides is 1. The molecular formula is C20H23FN4O. The number of halogens is 1. The Morgan fingerprint density at radius 2 is 2.08 bits per heavy atom. The lowest BCUT2D eigenvalue weighted by Crippen LogP contribution is -2.38. The maximum absolute atomic E-state index is 14.1. The first-order valence-electron chi connectivity index (χ1n) is 8.72. The Bertz CT molecular complexity index is 899. The number of aryl methyl sites for hydroxylation is 1. The molecule has 3 rings (SSSR count). The van der Waals surface area contributed by atoms with Crippen LogP contribution in [0.15, 0.2) is 48.7 Å². The molecular weight excluding hydrogens is 331 g/mol. The van der Waals surface area contributed by atoms with Crippen molar-refractivity contribution in [1.82, 2.24) is 19.7 Å². The number of H-pyrrole nitrogens is 1. The zero-order valence-corrected chi connectivity index (χ0v) is 15.2. The molecule has 2 aromatic heterocycles. The first-order chi connectivity index (χ1) is 12.5. The fraction of sp³-hybridized carbons (Fsp3) is 0.300. The van der Waals surface area contributed by atoms with Crippen molar-refractivity contribution >= 4 is 5.91 Å². The Balaban J connectivity index is 1.87. The highest BCUT2D eigenvalue weighted by Crippen LogP contribution is 2.21. The number of nitrogens with one attached hydrogen (secondary N) is 1. The molecule has 1 atom stereocenters. The molecule has 1 N–H and O–H groups in total. The molecule has 0 fully saturated rings. The van der Waals surface area contributed by atoms with Crippen molar-refractivity contribution in [2.45, 2.75) is 32.9 Å². The van der Waals surface area contributed by atoms with E-state index in [0.717, 1.165) is 12.1 Å². The number of aromatic nitrogens is 3. The van der Waals surface area contributed by atoms with Gasteiger partial charge in [-0.2, -0.15) is 5.10 Å². The molecule has 1 unspecified atom stereocenters. The standard InChI is InChI=1S/C20H23FN4O/c1-4-14(2)25(13-15-8-5-6-9-16(15)21)20(26)18-12-17(22-23-18)19-10-7-11-24(19)3/h5-12,14H,4,13H2,1-3H3,(H,22,23). The van der Waals surface area contributed by atoms with E-state index in [0.29, 0.717) is 17.0 Å². The number of carbonyl (C=O) groups excluding carboxylic acids is 1. The minimum Gasteiger partial charge on any atom is -0.349 e. The Kier molecular flexibility index (Phi) is 5.21. The van der Waals surface area contributed by atoms with Gasteiger partial charge in [0.1, 0.15) is 17.2 Å². The van der Waals surface area contributed by atoms with Gasteiger partial charge in [0.25, 0.3) is 5.91 Å². The molecule has 0 aliphatic rings.